The van der Waals surface area contributed by atoms with Crippen LogP contribution in [-0.4, -0.2) is 96.7 Å². The van der Waals surface area contributed by atoms with Gasteiger partial charge in [0.05, 0.1) is 26.4 Å². The SMILES string of the molecule is CCCCCCCCCCCCCCCCC(=O)O[C@H](COC(=O)CCCCCCC)COP(=O)(O)OC[C@H](O)COP(=O)(O)OC[C@@H](COC(=O)CCCCCCCCCCCCCCC(C)C)OC(=O)CCCCCCCCCCCCCCCCC(C)CC. The number of carbonyl (C=O) groups is 4. The van der Waals surface area contributed by atoms with E-state index in [0.29, 0.717) is 25.7 Å². The number of carbonyl (C=O) groups excluding carboxylic acids is 4. The molecule has 0 aliphatic carbocycles. The average Bonchev–Trinajstić information content (AvgIpc) is 1.52. The molecule has 6 atom stereocenters. The Morgan fingerprint density at radius 2 is 0.554 bits per heavy atom. The Morgan fingerprint density at radius 1 is 0.315 bits per heavy atom. The second-order valence-corrected chi connectivity index (χ2v) is 30.0. The minimum Gasteiger partial charge on any atom is -0.462 e. The van der Waals surface area contributed by atoms with Crippen molar-refractivity contribution in [2.45, 2.75) is 394 Å². The molecule has 546 valence electrons. The molecule has 3 N–H and O–H groups in total. The number of unbranched alkanes of at least 4 members (excludes halogenated alkanes) is 41. The van der Waals surface area contributed by atoms with E-state index in [0.717, 1.165) is 108 Å². The van der Waals surface area contributed by atoms with Crippen molar-refractivity contribution in [3.8, 4) is 0 Å². The number of hydrogen-bond donors (Lipinski definition) is 3. The second-order valence-electron chi connectivity index (χ2n) is 27.1. The number of hydrogen-bond acceptors (Lipinski definition) is 15. The Morgan fingerprint density at radius 3 is 0.826 bits per heavy atom. The molecule has 92 heavy (non-hydrogen) atoms. The lowest BCUT2D eigenvalue weighted by molar-refractivity contribution is -0.161. The van der Waals surface area contributed by atoms with Crippen LogP contribution < -0.4 is 0 Å². The Labute approximate surface area is 562 Å². The van der Waals surface area contributed by atoms with Gasteiger partial charge in [-0.1, -0.05) is 324 Å². The van der Waals surface area contributed by atoms with Gasteiger partial charge in [0.15, 0.2) is 12.2 Å². The van der Waals surface area contributed by atoms with Gasteiger partial charge in [-0.2, -0.15) is 0 Å². The summed E-state index contributed by atoms with van der Waals surface area (Å²) < 4.78 is 68.2. The fourth-order valence-corrected chi connectivity index (χ4v) is 12.7. The monoisotopic (exact) mass is 1350 g/mol. The molecule has 0 saturated heterocycles. The first-order chi connectivity index (χ1) is 44.4. The summed E-state index contributed by atoms with van der Waals surface area (Å²) in [5.41, 5.74) is 0. The smallest absolute Gasteiger partial charge is 0.462 e. The van der Waals surface area contributed by atoms with Crippen LogP contribution in [0.3, 0.4) is 0 Å². The standard InChI is InChI=1S/C73H142O17P2/c1-7-10-12-14-15-16-17-18-22-29-34-39-45-51-57-72(77)89-68(61-83-70(75)55-49-41-13-11-8-2)63-87-91(79,80)85-59-67(74)60-86-92(81,82)88-64-69(62-84-71(76)56-50-44-38-33-28-25-24-26-31-36-42-47-53-65(4)5)90-73(78)58-52-46-40-35-30-23-20-19-21-27-32-37-43-48-54-66(6)9-3/h65-69,74H,7-64H2,1-6H3,(H,79,80)(H,81,82)/t66?,67-,68+,69+/m0/s1. The van der Waals surface area contributed by atoms with Crippen molar-refractivity contribution in [2.75, 3.05) is 39.6 Å². The van der Waals surface area contributed by atoms with E-state index < -0.39 is 97.5 Å². The summed E-state index contributed by atoms with van der Waals surface area (Å²) in [5.74, 6) is -0.502. The van der Waals surface area contributed by atoms with Crippen LogP contribution in [0.4, 0.5) is 0 Å². The Kier molecular flexibility index (Phi) is 63.7. The predicted octanol–water partition coefficient (Wildman–Crippen LogP) is 21.2. The second kappa shape index (κ2) is 65.0. The van der Waals surface area contributed by atoms with Crippen LogP contribution >= 0.6 is 15.6 Å². The van der Waals surface area contributed by atoms with Crippen molar-refractivity contribution in [1.29, 1.82) is 0 Å². The van der Waals surface area contributed by atoms with Crippen LogP contribution in [0.15, 0.2) is 0 Å². The van der Waals surface area contributed by atoms with Gasteiger partial charge in [0.1, 0.15) is 19.3 Å². The largest absolute Gasteiger partial charge is 0.472 e. The van der Waals surface area contributed by atoms with Crippen LogP contribution in [-0.2, 0) is 65.4 Å². The van der Waals surface area contributed by atoms with E-state index >= 15 is 0 Å². The highest BCUT2D eigenvalue weighted by atomic mass is 31.2. The number of rotatable bonds is 72. The summed E-state index contributed by atoms with van der Waals surface area (Å²) in [6.07, 6.45) is 51.6. The van der Waals surface area contributed by atoms with Crippen molar-refractivity contribution >= 4 is 39.5 Å². The first kappa shape index (κ1) is 90.1. The molecule has 0 aromatic heterocycles. The number of phosphoric ester groups is 2. The fraction of sp³-hybridized carbons (Fsp3) is 0.945. The van der Waals surface area contributed by atoms with Crippen LogP contribution in [0.2, 0.25) is 0 Å². The van der Waals surface area contributed by atoms with Crippen molar-refractivity contribution in [3.05, 3.63) is 0 Å². The van der Waals surface area contributed by atoms with E-state index in [2.05, 4.69) is 41.5 Å². The number of ether oxygens (including phenoxy) is 4. The number of aliphatic hydroxyl groups is 1. The molecule has 3 unspecified atom stereocenters. The summed E-state index contributed by atoms with van der Waals surface area (Å²) in [6.45, 7) is 9.56. The van der Waals surface area contributed by atoms with Gasteiger partial charge >= 0.3 is 39.5 Å². The highest BCUT2D eigenvalue weighted by Crippen LogP contribution is 2.45. The van der Waals surface area contributed by atoms with Gasteiger partial charge in [-0.15, -0.1) is 0 Å². The lowest BCUT2D eigenvalue weighted by Crippen LogP contribution is -2.30. The Bertz CT molecular complexity index is 1790. The third kappa shape index (κ3) is 65.4. The van der Waals surface area contributed by atoms with Gasteiger partial charge in [0.2, 0.25) is 0 Å². The molecule has 0 amide bonds. The zero-order chi connectivity index (χ0) is 67.9. The quantitative estimate of drug-likeness (QED) is 0.0222. The van der Waals surface area contributed by atoms with E-state index in [4.69, 9.17) is 37.0 Å². The number of phosphoric acid groups is 2. The summed E-state index contributed by atoms with van der Waals surface area (Å²) in [5, 5.41) is 10.6. The van der Waals surface area contributed by atoms with Crippen molar-refractivity contribution < 1.29 is 80.2 Å². The molecule has 0 spiro atoms. The van der Waals surface area contributed by atoms with Gasteiger partial charge < -0.3 is 33.8 Å². The van der Waals surface area contributed by atoms with Gasteiger partial charge in [-0.05, 0) is 37.5 Å². The lowest BCUT2D eigenvalue weighted by Gasteiger charge is -2.21. The predicted molar refractivity (Wildman–Crippen MR) is 372 cm³/mol. The minimum atomic E-state index is -4.95. The Balaban J connectivity index is 5.15. The lowest BCUT2D eigenvalue weighted by atomic mass is 9.99. The van der Waals surface area contributed by atoms with E-state index in [1.165, 1.54) is 186 Å². The molecule has 19 heteroatoms. The molecule has 0 radical (unpaired) electrons. The van der Waals surface area contributed by atoms with Crippen molar-refractivity contribution in [2.24, 2.45) is 11.8 Å². The third-order valence-electron chi connectivity index (χ3n) is 17.3. The number of esters is 4. The molecule has 0 rings (SSSR count). The van der Waals surface area contributed by atoms with Gasteiger partial charge in [0.25, 0.3) is 0 Å². The van der Waals surface area contributed by atoms with E-state index in [-0.39, 0.29) is 25.7 Å². The zero-order valence-corrected chi connectivity index (χ0v) is 61.6. The summed E-state index contributed by atoms with van der Waals surface area (Å²) in [4.78, 5) is 72.4. The first-order valence-electron chi connectivity index (χ1n) is 38.0. The van der Waals surface area contributed by atoms with Crippen molar-refractivity contribution in [1.82, 2.24) is 0 Å². The molecule has 0 heterocycles. The molecule has 0 aromatic carbocycles. The fourth-order valence-electron chi connectivity index (χ4n) is 11.1. The molecule has 0 aliphatic heterocycles. The topological polar surface area (TPSA) is 237 Å². The molecular weight excluding hydrogens is 1210 g/mol. The normalized spacial score (nSPS) is 14.4. The maximum absolute atomic E-state index is 13.0. The van der Waals surface area contributed by atoms with E-state index in [9.17, 15) is 43.2 Å². The molecule has 0 bridgehead atoms. The summed E-state index contributed by atoms with van der Waals surface area (Å²) in [7, 11) is -9.90. The highest BCUT2D eigenvalue weighted by Gasteiger charge is 2.30. The van der Waals surface area contributed by atoms with E-state index in [1.807, 2.05) is 0 Å². The van der Waals surface area contributed by atoms with Crippen molar-refractivity contribution in [3.63, 3.8) is 0 Å². The molecule has 0 aromatic rings. The van der Waals surface area contributed by atoms with Crippen LogP contribution in [0.25, 0.3) is 0 Å². The highest BCUT2D eigenvalue weighted by molar-refractivity contribution is 7.47. The third-order valence-corrected chi connectivity index (χ3v) is 19.2. The molecule has 0 saturated carbocycles. The Hall–Kier alpha value is -1.94. The molecule has 17 nitrogen and oxygen atoms in total. The first-order valence-corrected chi connectivity index (χ1v) is 41.0. The zero-order valence-electron chi connectivity index (χ0n) is 59.9. The van der Waals surface area contributed by atoms with Gasteiger partial charge in [0, 0.05) is 25.7 Å². The summed E-state index contributed by atoms with van der Waals surface area (Å²) in [6, 6.07) is 0. The van der Waals surface area contributed by atoms with Gasteiger partial charge in [-0.3, -0.25) is 37.3 Å². The number of aliphatic hydroxyl groups excluding tert-OH is 1. The van der Waals surface area contributed by atoms with Gasteiger partial charge in [-0.25, -0.2) is 9.13 Å². The minimum absolute atomic E-state index is 0.107. The maximum atomic E-state index is 13.0. The molecule has 0 aliphatic rings. The van der Waals surface area contributed by atoms with Crippen LogP contribution in [0.1, 0.15) is 375 Å². The molecule has 0 fully saturated rings. The average molecular weight is 1350 g/mol. The van der Waals surface area contributed by atoms with Crippen LogP contribution in [0.5, 0.6) is 0 Å². The summed E-state index contributed by atoms with van der Waals surface area (Å²) >= 11 is 0. The molecular formula is C73H142O17P2. The maximum Gasteiger partial charge on any atom is 0.472 e. The van der Waals surface area contributed by atoms with Crippen LogP contribution in [0, 0.1) is 11.8 Å². The van der Waals surface area contributed by atoms with E-state index in [1.54, 1.807) is 0 Å².